The average Bonchev–Trinajstić information content (AvgIpc) is 2.49. The SMILES string of the molecule is Cc1ccc(CNC(C)(CO)c2ccccc2)cc1C. The quantitative estimate of drug-likeness (QED) is 0.873. The molecule has 0 amide bonds. The molecule has 0 spiro atoms. The Hall–Kier alpha value is -1.64. The second-order valence-electron chi connectivity index (χ2n) is 5.63. The van der Waals surface area contributed by atoms with Crippen LogP contribution in [0.3, 0.4) is 0 Å². The minimum Gasteiger partial charge on any atom is -0.394 e. The van der Waals surface area contributed by atoms with Crippen LogP contribution in [0.1, 0.15) is 29.2 Å². The van der Waals surface area contributed by atoms with Gasteiger partial charge in [-0.05, 0) is 43.0 Å². The molecule has 0 bridgehead atoms. The average molecular weight is 269 g/mol. The first-order chi connectivity index (χ1) is 9.55. The lowest BCUT2D eigenvalue weighted by Crippen LogP contribution is -2.42. The van der Waals surface area contributed by atoms with Crippen LogP contribution in [0.4, 0.5) is 0 Å². The third-order valence-corrected chi connectivity index (χ3v) is 3.98. The topological polar surface area (TPSA) is 32.3 Å². The largest absolute Gasteiger partial charge is 0.394 e. The van der Waals surface area contributed by atoms with E-state index in [1.165, 1.54) is 16.7 Å². The third-order valence-electron chi connectivity index (χ3n) is 3.98. The fraction of sp³-hybridized carbons (Fsp3) is 0.333. The molecular formula is C18H23NO. The van der Waals surface area contributed by atoms with Crippen LogP contribution in [0, 0.1) is 13.8 Å². The number of aryl methyl sites for hydroxylation is 2. The summed E-state index contributed by atoms with van der Waals surface area (Å²) in [5, 5.41) is 13.2. The Labute approximate surface area is 121 Å². The number of nitrogens with one attached hydrogen (secondary N) is 1. The molecule has 20 heavy (non-hydrogen) atoms. The number of rotatable bonds is 5. The van der Waals surface area contributed by atoms with Gasteiger partial charge in [0, 0.05) is 6.54 Å². The third kappa shape index (κ3) is 3.27. The highest BCUT2D eigenvalue weighted by molar-refractivity contribution is 5.30. The standard InChI is InChI=1S/C18H23NO/c1-14-9-10-16(11-15(14)2)12-19-18(3,13-20)17-7-5-4-6-8-17/h4-11,19-20H,12-13H2,1-3H3. The number of aliphatic hydroxyl groups is 1. The second-order valence-corrected chi connectivity index (χ2v) is 5.63. The highest BCUT2D eigenvalue weighted by Crippen LogP contribution is 2.21. The summed E-state index contributed by atoms with van der Waals surface area (Å²) in [4.78, 5) is 0. The summed E-state index contributed by atoms with van der Waals surface area (Å²) >= 11 is 0. The summed E-state index contributed by atoms with van der Waals surface area (Å²) < 4.78 is 0. The Morgan fingerprint density at radius 2 is 1.70 bits per heavy atom. The van der Waals surface area contributed by atoms with Gasteiger partial charge in [-0.15, -0.1) is 0 Å². The van der Waals surface area contributed by atoms with Crippen molar-refractivity contribution < 1.29 is 5.11 Å². The predicted octanol–water partition coefficient (Wildman–Crippen LogP) is 3.30. The van der Waals surface area contributed by atoms with Gasteiger partial charge in [-0.25, -0.2) is 0 Å². The van der Waals surface area contributed by atoms with Crippen LogP contribution in [0.5, 0.6) is 0 Å². The molecule has 1 atom stereocenters. The smallest absolute Gasteiger partial charge is 0.0652 e. The van der Waals surface area contributed by atoms with Gasteiger partial charge in [0.1, 0.15) is 0 Å². The first-order valence-corrected chi connectivity index (χ1v) is 7.03. The Balaban J connectivity index is 2.13. The number of hydrogen-bond donors (Lipinski definition) is 2. The second kappa shape index (κ2) is 6.21. The van der Waals surface area contributed by atoms with E-state index in [9.17, 15) is 5.11 Å². The van der Waals surface area contributed by atoms with Crippen LogP contribution in [0.2, 0.25) is 0 Å². The van der Waals surface area contributed by atoms with Gasteiger partial charge in [0.15, 0.2) is 0 Å². The van der Waals surface area contributed by atoms with Crippen molar-refractivity contribution >= 4 is 0 Å². The van der Waals surface area contributed by atoms with Crippen molar-refractivity contribution in [3.63, 3.8) is 0 Å². The zero-order valence-corrected chi connectivity index (χ0v) is 12.5. The van der Waals surface area contributed by atoms with Gasteiger partial charge in [0.25, 0.3) is 0 Å². The predicted molar refractivity (Wildman–Crippen MR) is 83.6 cm³/mol. The first-order valence-electron chi connectivity index (χ1n) is 7.03. The molecule has 2 aromatic carbocycles. The van der Waals surface area contributed by atoms with Crippen LogP contribution in [-0.4, -0.2) is 11.7 Å². The van der Waals surface area contributed by atoms with Gasteiger partial charge in [0.05, 0.1) is 12.1 Å². The van der Waals surface area contributed by atoms with Crippen LogP contribution in [-0.2, 0) is 12.1 Å². The minimum absolute atomic E-state index is 0.0713. The fourth-order valence-corrected chi connectivity index (χ4v) is 2.27. The Kier molecular flexibility index (Phi) is 4.58. The van der Waals surface area contributed by atoms with Crippen molar-refractivity contribution in [2.24, 2.45) is 0 Å². The van der Waals surface area contributed by atoms with E-state index in [1.54, 1.807) is 0 Å². The van der Waals surface area contributed by atoms with E-state index in [4.69, 9.17) is 0 Å². The van der Waals surface area contributed by atoms with E-state index in [-0.39, 0.29) is 6.61 Å². The molecule has 0 aromatic heterocycles. The molecule has 0 heterocycles. The maximum Gasteiger partial charge on any atom is 0.0652 e. The molecule has 0 aliphatic rings. The fourth-order valence-electron chi connectivity index (χ4n) is 2.27. The maximum absolute atomic E-state index is 9.75. The molecule has 0 aliphatic carbocycles. The lowest BCUT2D eigenvalue weighted by molar-refractivity contribution is 0.173. The van der Waals surface area contributed by atoms with Gasteiger partial charge >= 0.3 is 0 Å². The summed E-state index contributed by atoms with van der Waals surface area (Å²) in [7, 11) is 0. The van der Waals surface area contributed by atoms with Gasteiger partial charge in [-0.2, -0.15) is 0 Å². The summed E-state index contributed by atoms with van der Waals surface area (Å²) in [5.74, 6) is 0. The van der Waals surface area contributed by atoms with Gasteiger partial charge < -0.3 is 10.4 Å². The van der Waals surface area contributed by atoms with Crippen LogP contribution < -0.4 is 5.32 Å². The molecule has 2 heteroatoms. The Bertz CT molecular complexity index is 565. The molecule has 1 unspecified atom stereocenters. The number of hydrogen-bond acceptors (Lipinski definition) is 2. The highest BCUT2D eigenvalue weighted by Gasteiger charge is 2.24. The van der Waals surface area contributed by atoms with Crippen molar-refractivity contribution in [2.45, 2.75) is 32.9 Å². The van der Waals surface area contributed by atoms with Gasteiger partial charge in [0.2, 0.25) is 0 Å². The molecule has 0 saturated heterocycles. The molecule has 2 N–H and O–H groups in total. The van der Waals surface area contributed by atoms with E-state index in [0.717, 1.165) is 12.1 Å². The maximum atomic E-state index is 9.75. The lowest BCUT2D eigenvalue weighted by Gasteiger charge is -2.29. The first kappa shape index (κ1) is 14.8. The number of benzene rings is 2. The molecule has 0 aliphatic heterocycles. The minimum atomic E-state index is -0.417. The van der Waals surface area contributed by atoms with Crippen LogP contribution in [0.25, 0.3) is 0 Å². The molecule has 0 saturated carbocycles. The summed E-state index contributed by atoms with van der Waals surface area (Å²) in [5.41, 5.74) is 4.53. The van der Waals surface area contributed by atoms with E-state index < -0.39 is 5.54 Å². The molecular weight excluding hydrogens is 246 g/mol. The summed E-state index contributed by atoms with van der Waals surface area (Å²) in [6, 6.07) is 16.6. The zero-order valence-electron chi connectivity index (χ0n) is 12.5. The molecule has 2 rings (SSSR count). The van der Waals surface area contributed by atoms with E-state index in [1.807, 2.05) is 37.3 Å². The van der Waals surface area contributed by atoms with Crippen LogP contribution in [0.15, 0.2) is 48.5 Å². The summed E-state index contributed by atoms with van der Waals surface area (Å²) in [6.07, 6.45) is 0. The molecule has 106 valence electrons. The monoisotopic (exact) mass is 269 g/mol. The van der Waals surface area contributed by atoms with Gasteiger partial charge in [-0.3, -0.25) is 0 Å². The van der Waals surface area contributed by atoms with Gasteiger partial charge in [-0.1, -0.05) is 48.5 Å². The molecule has 2 aromatic rings. The van der Waals surface area contributed by atoms with Crippen molar-refractivity contribution in [3.05, 3.63) is 70.8 Å². The van der Waals surface area contributed by atoms with E-state index >= 15 is 0 Å². The highest BCUT2D eigenvalue weighted by atomic mass is 16.3. The summed E-state index contributed by atoms with van der Waals surface area (Å²) in [6.45, 7) is 7.09. The molecule has 0 fully saturated rings. The number of aliphatic hydroxyl groups excluding tert-OH is 1. The molecule has 0 radical (unpaired) electrons. The van der Waals surface area contributed by atoms with E-state index in [2.05, 4.69) is 37.4 Å². The van der Waals surface area contributed by atoms with Crippen LogP contribution >= 0.6 is 0 Å². The Morgan fingerprint density at radius 3 is 2.30 bits per heavy atom. The van der Waals surface area contributed by atoms with Crippen molar-refractivity contribution in [2.75, 3.05) is 6.61 Å². The van der Waals surface area contributed by atoms with E-state index in [0.29, 0.717) is 0 Å². The lowest BCUT2D eigenvalue weighted by atomic mass is 9.92. The van der Waals surface area contributed by atoms with Crippen molar-refractivity contribution in [1.82, 2.24) is 5.32 Å². The Morgan fingerprint density at radius 1 is 1.00 bits per heavy atom. The molecule has 2 nitrogen and oxygen atoms in total. The zero-order chi connectivity index (χ0) is 14.6. The normalized spacial score (nSPS) is 14.0. The van der Waals surface area contributed by atoms with Crippen molar-refractivity contribution in [3.8, 4) is 0 Å². The van der Waals surface area contributed by atoms with Crippen molar-refractivity contribution in [1.29, 1.82) is 0 Å².